The smallest absolute Gasteiger partial charge is 0.152 e. The molecule has 0 aliphatic rings. The first-order chi connectivity index (χ1) is 11.7. The quantitative estimate of drug-likeness (QED) is 0.525. The molecule has 2 aromatic carbocycles. The molecule has 0 bridgehead atoms. The van der Waals surface area contributed by atoms with Gasteiger partial charge in [-0.25, -0.2) is 0 Å². The number of aldehydes is 1. The SMILES string of the molecule is Cc1ccsc1-c1c(C=O)c2ccccc2n1-c1ccc(O)cc1. The van der Waals surface area contributed by atoms with E-state index in [1.165, 1.54) is 0 Å². The van der Waals surface area contributed by atoms with Crippen molar-refractivity contribution in [1.82, 2.24) is 4.57 Å². The Morgan fingerprint density at radius 1 is 1.04 bits per heavy atom. The van der Waals surface area contributed by atoms with Gasteiger partial charge in [-0.05, 0) is 54.3 Å². The zero-order valence-corrected chi connectivity index (χ0v) is 13.9. The van der Waals surface area contributed by atoms with E-state index in [0.717, 1.165) is 39.0 Å². The van der Waals surface area contributed by atoms with Gasteiger partial charge in [0.25, 0.3) is 0 Å². The van der Waals surface area contributed by atoms with E-state index in [-0.39, 0.29) is 5.75 Å². The van der Waals surface area contributed by atoms with Crippen LogP contribution in [-0.4, -0.2) is 16.0 Å². The molecule has 0 radical (unpaired) electrons. The van der Waals surface area contributed by atoms with E-state index in [4.69, 9.17) is 0 Å². The number of aromatic hydroxyl groups is 1. The third-order valence-electron chi connectivity index (χ3n) is 4.22. The zero-order chi connectivity index (χ0) is 16.7. The minimum absolute atomic E-state index is 0.222. The monoisotopic (exact) mass is 333 g/mol. The van der Waals surface area contributed by atoms with Crippen LogP contribution in [-0.2, 0) is 0 Å². The molecule has 2 heterocycles. The molecule has 0 spiro atoms. The van der Waals surface area contributed by atoms with Crippen molar-refractivity contribution in [1.29, 1.82) is 0 Å². The first-order valence-electron chi connectivity index (χ1n) is 7.63. The Bertz CT molecular complexity index is 1040. The lowest BCUT2D eigenvalue weighted by Crippen LogP contribution is -1.97. The van der Waals surface area contributed by atoms with Crippen molar-refractivity contribution in [3.8, 4) is 22.0 Å². The Labute approximate surface area is 143 Å². The van der Waals surface area contributed by atoms with Gasteiger partial charge in [-0.15, -0.1) is 11.3 Å². The minimum Gasteiger partial charge on any atom is -0.508 e. The molecule has 4 heteroatoms. The second-order valence-electron chi connectivity index (χ2n) is 5.68. The number of carbonyl (C=O) groups is 1. The second kappa shape index (κ2) is 5.65. The number of hydrogen-bond acceptors (Lipinski definition) is 3. The Kier molecular flexibility index (Phi) is 3.47. The fraction of sp³-hybridized carbons (Fsp3) is 0.0500. The summed E-state index contributed by atoms with van der Waals surface area (Å²) in [5.41, 5.74) is 4.65. The minimum atomic E-state index is 0.222. The number of phenolic OH excluding ortho intramolecular Hbond substituents is 1. The molecule has 1 N–H and O–H groups in total. The van der Waals surface area contributed by atoms with Gasteiger partial charge >= 0.3 is 0 Å². The van der Waals surface area contributed by atoms with E-state index in [1.807, 2.05) is 41.8 Å². The van der Waals surface area contributed by atoms with Crippen LogP contribution in [0.2, 0.25) is 0 Å². The second-order valence-corrected chi connectivity index (χ2v) is 6.60. The Hall–Kier alpha value is -2.85. The number of phenols is 1. The Morgan fingerprint density at radius 3 is 2.46 bits per heavy atom. The van der Waals surface area contributed by atoms with Crippen molar-refractivity contribution in [2.45, 2.75) is 6.92 Å². The van der Waals surface area contributed by atoms with Crippen LogP contribution in [0.15, 0.2) is 60.0 Å². The van der Waals surface area contributed by atoms with Gasteiger partial charge in [0.1, 0.15) is 5.75 Å². The summed E-state index contributed by atoms with van der Waals surface area (Å²) in [5, 5.41) is 12.6. The summed E-state index contributed by atoms with van der Waals surface area (Å²) in [5.74, 6) is 0.222. The van der Waals surface area contributed by atoms with E-state index in [2.05, 4.69) is 17.6 Å². The number of thiophene rings is 1. The molecule has 0 unspecified atom stereocenters. The number of fused-ring (bicyclic) bond motifs is 1. The van der Waals surface area contributed by atoms with Crippen molar-refractivity contribution >= 4 is 28.5 Å². The van der Waals surface area contributed by atoms with Crippen LogP contribution in [0, 0.1) is 6.92 Å². The number of aromatic nitrogens is 1. The van der Waals surface area contributed by atoms with Gasteiger partial charge in [-0.1, -0.05) is 18.2 Å². The van der Waals surface area contributed by atoms with E-state index in [1.54, 1.807) is 23.5 Å². The molecule has 0 amide bonds. The summed E-state index contributed by atoms with van der Waals surface area (Å²) in [6.45, 7) is 2.05. The van der Waals surface area contributed by atoms with Crippen LogP contribution < -0.4 is 0 Å². The Morgan fingerprint density at radius 2 is 1.79 bits per heavy atom. The fourth-order valence-electron chi connectivity index (χ4n) is 3.09. The number of benzene rings is 2. The molecule has 0 aliphatic heterocycles. The molecule has 3 nitrogen and oxygen atoms in total. The van der Waals surface area contributed by atoms with Crippen LogP contribution in [0.5, 0.6) is 5.75 Å². The van der Waals surface area contributed by atoms with Crippen LogP contribution in [0.4, 0.5) is 0 Å². The lowest BCUT2D eigenvalue weighted by Gasteiger charge is -2.11. The van der Waals surface area contributed by atoms with Crippen molar-refractivity contribution in [3.63, 3.8) is 0 Å². The van der Waals surface area contributed by atoms with Crippen LogP contribution >= 0.6 is 11.3 Å². The summed E-state index contributed by atoms with van der Waals surface area (Å²) in [6.07, 6.45) is 0.938. The maximum Gasteiger partial charge on any atom is 0.152 e. The molecule has 0 saturated heterocycles. The van der Waals surface area contributed by atoms with Gasteiger partial charge in [-0.3, -0.25) is 4.79 Å². The molecule has 0 atom stereocenters. The molecular weight excluding hydrogens is 318 g/mol. The zero-order valence-electron chi connectivity index (χ0n) is 13.1. The van der Waals surface area contributed by atoms with Gasteiger partial charge in [0.15, 0.2) is 6.29 Å². The van der Waals surface area contributed by atoms with Crippen molar-refractivity contribution in [2.75, 3.05) is 0 Å². The lowest BCUT2D eigenvalue weighted by molar-refractivity contribution is 0.112. The number of nitrogens with zero attached hydrogens (tertiary/aromatic N) is 1. The van der Waals surface area contributed by atoms with Gasteiger partial charge in [-0.2, -0.15) is 0 Å². The van der Waals surface area contributed by atoms with Crippen molar-refractivity contribution < 1.29 is 9.90 Å². The molecule has 0 aliphatic carbocycles. The maximum atomic E-state index is 11.9. The topological polar surface area (TPSA) is 42.2 Å². The Balaban J connectivity index is 2.16. The molecule has 118 valence electrons. The number of para-hydroxylation sites is 1. The lowest BCUT2D eigenvalue weighted by atomic mass is 10.1. The normalized spacial score (nSPS) is 11.0. The summed E-state index contributed by atoms with van der Waals surface area (Å²) >= 11 is 1.63. The van der Waals surface area contributed by atoms with Crippen LogP contribution in [0.3, 0.4) is 0 Å². The summed E-state index contributed by atoms with van der Waals surface area (Å²) < 4.78 is 2.09. The fourth-order valence-corrected chi connectivity index (χ4v) is 4.07. The molecule has 2 aromatic heterocycles. The standard InChI is InChI=1S/C20H15NO2S/c1-13-10-11-24-20(13)19-17(12-22)16-4-2-3-5-18(16)21(19)14-6-8-15(23)9-7-14/h2-12,23H,1H3. The number of carbonyl (C=O) groups excluding carboxylic acids is 1. The van der Waals surface area contributed by atoms with Gasteiger partial charge in [0.05, 0.1) is 16.1 Å². The molecule has 0 fully saturated rings. The predicted octanol–water partition coefficient (Wildman–Crippen LogP) is 5.19. The highest BCUT2D eigenvalue weighted by molar-refractivity contribution is 7.13. The van der Waals surface area contributed by atoms with E-state index in [9.17, 15) is 9.90 Å². The van der Waals surface area contributed by atoms with Gasteiger partial charge in [0, 0.05) is 16.6 Å². The number of rotatable bonds is 3. The largest absolute Gasteiger partial charge is 0.508 e. The molecule has 4 rings (SSSR count). The number of aryl methyl sites for hydroxylation is 1. The average molecular weight is 333 g/mol. The molecule has 24 heavy (non-hydrogen) atoms. The molecule has 0 saturated carbocycles. The third-order valence-corrected chi connectivity index (χ3v) is 5.24. The highest BCUT2D eigenvalue weighted by Gasteiger charge is 2.21. The van der Waals surface area contributed by atoms with Gasteiger partial charge < -0.3 is 9.67 Å². The van der Waals surface area contributed by atoms with Crippen LogP contribution in [0.1, 0.15) is 15.9 Å². The summed E-state index contributed by atoms with van der Waals surface area (Å²) in [7, 11) is 0. The maximum absolute atomic E-state index is 11.9. The van der Waals surface area contributed by atoms with E-state index >= 15 is 0 Å². The predicted molar refractivity (Wildman–Crippen MR) is 98.4 cm³/mol. The van der Waals surface area contributed by atoms with Gasteiger partial charge in [0.2, 0.25) is 0 Å². The third kappa shape index (κ3) is 2.15. The highest BCUT2D eigenvalue weighted by atomic mass is 32.1. The average Bonchev–Trinajstić information content (AvgIpc) is 3.16. The molecule has 4 aromatic rings. The van der Waals surface area contributed by atoms with Crippen molar-refractivity contribution in [3.05, 3.63) is 71.1 Å². The molecular formula is C20H15NO2S. The van der Waals surface area contributed by atoms with Crippen LogP contribution in [0.25, 0.3) is 27.2 Å². The summed E-state index contributed by atoms with van der Waals surface area (Å²) in [4.78, 5) is 13.0. The van der Waals surface area contributed by atoms with E-state index in [0.29, 0.717) is 5.56 Å². The first kappa shape index (κ1) is 14.7. The summed E-state index contributed by atoms with van der Waals surface area (Å²) in [6, 6.07) is 17.0. The van der Waals surface area contributed by atoms with E-state index < -0.39 is 0 Å². The van der Waals surface area contributed by atoms with Crippen molar-refractivity contribution in [2.24, 2.45) is 0 Å². The first-order valence-corrected chi connectivity index (χ1v) is 8.51. The highest BCUT2D eigenvalue weighted by Crippen LogP contribution is 2.39. The number of hydrogen-bond donors (Lipinski definition) is 1.